The molecule has 0 N–H and O–H groups in total. The molecule has 0 spiro atoms. The van der Waals surface area contributed by atoms with Gasteiger partial charge in [0.1, 0.15) is 16.5 Å². The van der Waals surface area contributed by atoms with Crippen molar-refractivity contribution >= 4 is 21.6 Å². The van der Waals surface area contributed by atoms with Crippen molar-refractivity contribution in [2.75, 3.05) is 51.3 Å². The van der Waals surface area contributed by atoms with Crippen molar-refractivity contribution in [2.45, 2.75) is 24.3 Å². The predicted octanol–water partition coefficient (Wildman–Crippen LogP) is 2.86. The van der Waals surface area contributed by atoms with Gasteiger partial charge in [0.05, 0.1) is 13.2 Å². The lowest BCUT2D eigenvalue weighted by Crippen LogP contribution is -2.43. The van der Waals surface area contributed by atoms with Gasteiger partial charge < -0.3 is 14.5 Å². The topological polar surface area (TPSA) is 70.2 Å². The molecule has 184 valence electrons. The number of carbonyl (C=O) groups excluding carboxylic acids is 1. The fourth-order valence-electron chi connectivity index (χ4n) is 4.45. The van der Waals surface area contributed by atoms with Gasteiger partial charge in [-0.15, -0.1) is 0 Å². The second-order valence-corrected chi connectivity index (χ2v) is 10.6. The average molecular weight is 494 g/mol. The molecule has 7 nitrogen and oxygen atoms in total. The molecule has 0 saturated carbocycles. The van der Waals surface area contributed by atoms with E-state index in [9.17, 15) is 22.0 Å². The Morgan fingerprint density at radius 1 is 1.03 bits per heavy atom. The fourth-order valence-corrected chi connectivity index (χ4v) is 6.00. The summed E-state index contributed by atoms with van der Waals surface area (Å²) in [5, 5.41) is 0. The van der Waals surface area contributed by atoms with Crippen molar-refractivity contribution < 1.29 is 26.7 Å². The van der Waals surface area contributed by atoms with Gasteiger partial charge in [0.15, 0.2) is 0 Å². The van der Waals surface area contributed by atoms with E-state index in [1.54, 1.807) is 11.9 Å². The van der Waals surface area contributed by atoms with Crippen LogP contribution >= 0.6 is 0 Å². The van der Waals surface area contributed by atoms with E-state index in [1.165, 1.54) is 0 Å². The number of halogens is 2. The number of hydrogen-bond acceptors (Lipinski definition) is 5. The zero-order valence-corrected chi connectivity index (χ0v) is 19.9. The highest BCUT2D eigenvalue weighted by Crippen LogP contribution is 2.27. The molecule has 0 aromatic heterocycles. The van der Waals surface area contributed by atoms with Crippen LogP contribution in [0, 0.1) is 17.6 Å². The van der Waals surface area contributed by atoms with Crippen molar-refractivity contribution in [1.29, 1.82) is 0 Å². The van der Waals surface area contributed by atoms with Crippen molar-refractivity contribution in [3.63, 3.8) is 0 Å². The number of sulfonamides is 1. The van der Waals surface area contributed by atoms with E-state index in [-0.39, 0.29) is 24.9 Å². The number of amides is 1. The molecule has 0 bridgehead atoms. The first kappa shape index (κ1) is 24.6. The van der Waals surface area contributed by atoms with Gasteiger partial charge in [-0.25, -0.2) is 17.2 Å². The summed E-state index contributed by atoms with van der Waals surface area (Å²) >= 11 is 0. The van der Waals surface area contributed by atoms with Crippen LogP contribution in [0.5, 0.6) is 0 Å². The van der Waals surface area contributed by atoms with Gasteiger partial charge in [-0.3, -0.25) is 4.79 Å². The van der Waals surface area contributed by atoms with Gasteiger partial charge in [-0.05, 0) is 48.7 Å². The number of rotatable bonds is 6. The number of anilines is 1. The van der Waals surface area contributed by atoms with Crippen molar-refractivity contribution in [3.8, 4) is 0 Å². The Labute approximate surface area is 199 Å². The van der Waals surface area contributed by atoms with Crippen LogP contribution in [-0.4, -0.2) is 70.0 Å². The lowest BCUT2D eigenvalue weighted by molar-refractivity contribution is -0.135. The maximum absolute atomic E-state index is 14.0. The monoisotopic (exact) mass is 493 g/mol. The van der Waals surface area contributed by atoms with Crippen LogP contribution in [0.25, 0.3) is 0 Å². The van der Waals surface area contributed by atoms with Crippen LogP contribution < -0.4 is 4.90 Å². The molecular weight excluding hydrogens is 464 g/mol. The summed E-state index contributed by atoms with van der Waals surface area (Å²) < 4.78 is 59.6. The van der Waals surface area contributed by atoms with Gasteiger partial charge >= 0.3 is 0 Å². The Kier molecular flexibility index (Phi) is 7.49. The van der Waals surface area contributed by atoms with Crippen LogP contribution in [-0.2, 0) is 26.1 Å². The zero-order chi connectivity index (χ0) is 24.3. The Morgan fingerprint density at radius 2 is 1.68 bits per heavy atom. The van der Waals surface area contributed by atoms with Gasteiger partial charge in [0, 0.05) is 51.4 Å². The Hall–Kier alpha value is -2.56. The molecule has 1 amide bonds. The van der Waals surface area contributed by atoms with E-state index in [2.05, 4.69) is 4.90 Å². The molecule has 0 radical (unpaired) electrons. The van der Waals surface area contributed by atoms with Crippen LogP contribution in [0.2, 0.25) is 0 Å². The number of piperidine rings is 1. The molecule has 2 aromatic rings. The van der Waals surface area contributed by atoms with E-state index in [0.717, 1.165) is 54.0 Å². The number of morpholine rings is 1. The van der Waals surface area contributed by atoms with Gasteiger partial charge in [0.25, 0.3) is 0 Å². The molecule has 0 unspecified atom stereocenters. The van der Waals surface area contributed by atoms with Gasteiger partial charge in [0.2, 0.25) is 15.9 Å². The predicted molar refractivity (Wildman–Crippen MR) is 124 cm³/mol. The Morgan fingerprint density at radius 3 is 2.32 bits per heavy atom. The number of nitrogens with zero attached hydrogens (tertiary/aromatic N) is 3. The van der Waals surface area contributed by atoms with Crippen molar-refractivity contribution in [3.05, 3.63) is 59.7 Å². The van der Waals surface area contributed by atoms with Crippen LogP contribution in [0.15, 0.2) is 47.4 Å². The summed E-state index contributed by atoms with van der Waals surface area (Å²) in [5.74, 6) is -2.17. The minimum absolute atomic E-state index is 0.0498. The van der Waals surface area contributed by atoms with E-state index in [4.69, 9.17) is 4.74 Å². The molecule has 2 saturated heterocycles. The first-order valence-electron chi connectivity index (χ1n) is 11.4. The second-order valence-electron chi connectivity index (χ2n) is 8.71. The molecule has 2 aliphatic rings. The molecular formula is C24H29F2N3O4S. The average Bonchev–Trinajstić information content (AvgIpc) is 2.86. The summed E-state index contributed by atoms with van der Waals surface area (Å²) in [6, 6.07) is 10.5. The van der Waals surface area contributed by atoms with E-state index >= 15 is 0 Å². The van der Waals surface area contributed by atoms with Crippen molar-refractivity contribution in [1.82, 2.24) is 9.21 Å². The highest BCUT2D eigenvalue weighted by atomic mass is 32.2. The third kappa shape index (κ3) is 5.39. The Balaban J connectivity index is 1.32. The molecule has 0 aliphatic carbocycles. The van der Waals surface area contributed by atoms with Crippen molar-refractivity contribution in [2.24, 2.45) is 5.92 Å². The minimum atomic E-state index is -4.17. The minimum Gasteiger partial charge on any atom is -0.378 e. The number of ether oxygens (including phenoxy) is 1. The van der Waals surface area contributed by atoms with Crippen LogP contribution in [0.1, 0.15) is 18.4 Å². The fraction of sp³-hybridized carbons (Fsp3) is 0.458. The van der Waals surface area contributed by atoms with E-state index in [0.29, 0.717) is 25.5 Å². The SMILES string of the molecule is CN(Cc1ccc(N2CCOCC2)cc1)C(=O)C1CCN(S(=O)(=O)c2cc(F)ccc2F)CC1. The smallest absolute Gasteiger partial charge is 0.246 e. The van der Waals surface area contributed by atoms with Crippen LogP contribution in [0.4, 0.5) is 14.5 Å². The zero-order valence-electron chi connectivity index (χ0n) is 19.1. The molecule has 2 fully saturated rings. The largest absolute Gasteiger partial charge is 0.378 e. The summed E-state index contributed by atoms with van der Waals surface area (Å²) in [4.78, 5) is 16.2. The van der Waals surface area contributed by atoms with Gasteiger partial charge in [-0.1, -0.05) is 12.1 Å². The quantitative estimate of drug-likeness (QED) is 0.619. The summed E-state index contributed by atoms with van der Waals surface area (Å²) in [6.07, 6.45) is 0.657. The molecule has 2 heterocycles. The molecule has 0 atom stereocenters. The molecule has 2 aliphatic heterocycles. The Bertz CT molecular complexity index is 1110. The second kappa shape index (κ2) is 10.4. The lowest BCUT2D eigenvalue weighted by atomic mass is 9.96. The van der Waals surface area contributed by atoms with E-state index < -0.39 is 26.6 Å². The normalized spacial score (nSPS) is 18.1. The lowest BCUT2D eigenvalue weighted by Gasteiger charge is -2.32. The number of carbonyl (C=O) groups is 1. The highest BCUT2D eigenvalue weighted by molar-refractivity contribution is 7.89. The van der Waals surface area contributed by atoms with E-state index in [1.807, 2.05) is 24.3 Å². The first-order valence-corrected chi connectivity index (χ1v) is 12.8. The standard InChI is InChI=1S/C24H29F2N3O4S/c1-27(17-18-2-5-21(6-3-18)28-12-14-33-15-13-28)24(30)19-8-10-29(11-9-19)34(31,32)23-16-20(25)4-7-22(23)26/h2-7,16,19H,8-15,17H2,1H3. The number of benzene rings is 2. The van der Waals surface area contributed by atoms with Crippen LogP contribution in [0.3, 0.4) is 0 Å². The molecule has 4 rings (SSSR count). The number of hydrogen-bond donors (Lipinski definition) is 0. The third-order valence-electron chi connectivity index (χ3n) is 6.42. The van der Waals surface area contributed by atoms with Gasteiger partial charge in [-0.2, -0.15) is 4.31 Å². The third-order valence-corrected chi connectivity index (χ3v) is 8.34. The maximum atomic E-state index is 14.0. The summed E-state index contributed by atoms with van der Waals surface area (Å²) in [6.45, 7) is 3.77. The first-order chi connectivity index (χ1) is 16.3. The summed E-state index contributed by atoms with van der Waals surface area (Å²) in [7, 11) is -2.43. The molecule has 10 heteroatoms. The summed E-state index contributed by atoms with van der Waals surface area (Å²) in [5.41, 5.74) is 2.14. The highest BCUT2D eigenvalue weighted by Gasteiger charge is 2.34. The maximum Gasteiger partial charge on any atom is 0.246 e. The molecule has 2 aromatic carbocycles. The molecule has 34 heavy (non-hydrogen) atoms.